The van der Waals surface area contributed by atoms with Gasteiger partial charge in [-0.1, -0.05) is 41.0 Å². The quantitative estimate of drug-likeness (QED) is 0.900. The van der Waals surface area contributed by atoms with Crippen molar-refractivity contribution in [3.8, 4) is 0 Å². The minimum absolute atomic E-state index is 0.101. The summed E-state index contributed by atoms with van der Waals surface area (Å²) in [4.78, 5) is 18.3. The number of thiazole rings is 1. The zero-order valence-electron chi connectivity index (χ0n) is 10.6. The topological polar surface area (TPSA) is 57.1 Å². The zero-order chi connectivity index (χ0) is 15.0. The Morgan fingerprint density at radius 3 is 2.86 bits per heavy atom. The van der Waals surface area contributed by atoms with Crippen molar-refractivity contribution in [2.24, 2.45) is 0 Å². The van der Waals surface area contributed by atoms with Crippen LogP contribution in [0.25, 0.3) is 0 Å². The number of benzene rings is 1. The highest BCUT2D eigenvalue weighted by molar-refractivity contribution is 8.15. The molecule has 1 amide bonds. The van der Waals surface area contributed by atoms with E-state index in [2.05, 4.69) is 4.98 Å². The van der Waals surface area contributed by atoms with Crippen molar-refractivity contribution < 1.29 is 4.79 Å². The first-order valence-corrected chi connectivity index (χ1v) is 8.53. The predicted octanol–water partition coefficient (Wildman–Crippen LogP) is 4.06. The first-order valence-electron chi connectivity index (χ1n) is 5.97. The lowest BCUT2D eigenvalue weighted by molar-refractivity contribution is -0.115. The number of anilines is 1. The van der Waals surface area contributed by atoms with Gasteiger partial charge in [0.15, 0.2) is 10.3 Å². The summed E-state index contributed by atoms with van der Waals surface area (Å²) in [6.45, 7) is 0. The van der Waals surface area contributed by atoms with Crippen molar-refractivity contribution in [3.05, 3.63) is 44.9 Å². The molecule has 1 aliphatic rings. The van der Waals surface area contributed by atoms with Gasteiger partial charge in [-0.15, -0.1) is 11.3 Å². The van der Waals surface area contributed by atoms with E-state index in [1.54, 1.807) is 18.3 Å². The standard InChI is InChI=1S/C13H9Cl2N3OS2/c14-8-2-1-7(10(15)4-8)3-9-5-17-13(21-9)18-11(19)6-20-12(18)16/h1-2,4-5,16H,3,6H2. The van der Waals surface area contributed by atoms with Gasteiger partial charge in [0.1, 0.15) is 0 Å². The fraction of sp³-hybridized carbons (Fsp3) is 0.154. The lowest BCUT2D eigenvalue weighted by atomic mass is 10.1. The van der Waals surface area contributed by atoms with Crippen molar-refractivity contribution >= 4 is 62.5 Å². The first kappa shape index (κ1) is 14.8. The molecule has 0 saturated carbocycles. The van der Waals surface area contributed by atoms with Crippen LogP contribution in [0.5, 0.6) is 0 Å². The fourth-order valence-corrected chi connectivity index (χ4v) is 4.10. The molecule has 0 spiro atoms. The van der Waals surface area contributed by atoms with Gasteiger partial charge >= 0.3 is 0 Å². The van der Waals surface area contributed by atoms with E-state index in [1.807, 2.05) is 6.07 Å². The number of thioether (sulfide) groups is 1. The summed E-state index contributed by atoms with van der Waals surface area (Å²) >= 11 is 14.6. The SMILES string of the molecule is N=C1SCC(=O)N1c1ncc(Cc2ccc(Cl)cc2Cl)s1. The molecule has 1 N–H and O–H groups in total. The molecule has 4 nitrogen and oxygen atoms in total. The number of nitrogens with zero attached hydrogens (tertiary/aromatic N) is 2. The molecule has 0 radical (unpaired) electrons. The van der Waals surface area contributed by atoms with E-state index >= 15 is 0 Å². The Bertz CT molecular complexity index is 716. The number of aromatic nitrogens is 1. The number of amidine groups is 1. The molecule has 2 aromatic rings. The molecular formula is C13H9Cl2N3OS2. The number of hydrogen-bond acceptors (Lipinski definition) is 5. The zero-order valence-corrected chi connectivity index (χ0v) is 13.7. The highest BCUT2D eigenvalue weighted by Crippen LogP contribution is 2.31. The van der Waals surface area contributed by atoms with Crippen LogP contribution in [-0.2, 0) is 11.2 Å². The van der Waals surface area contributed by atoms with Gasteiger partial charge in [-0.3, -0.25) is 10.2 Å². The summed E-state index contributed by atoms with van der Waals surface area (Å²) in [5.41, 5.74) is 0.952. The average molecular weight is 358 g/mol. The van der Waals surface area contributed by atoms with Crippen LogP contribution in [0.3, 0.4) is 0 Å². The number of amides is 1. The molecule has 1 aromatic heterocycles. The molecule has 3 rings (SSSR count). The maximum atomic E-state index is 11.7. The van der Waals surface area contributed by atoms with E-state index < -0.39 is 0 Å². The van der Waals surface area contributed by atoms with Crippen LogP contribution < -0.4 is 4.90 Å². The number of halogens is 2. The van der Waals surface area contributed by atoms with E-state index in [4.69, 9.17) is 28.6 Å². The van der Waals surface area contributed by atoms with Crippen LogP contribution in [0.2, 0.25) is 10.0 Å². The third kappa shape index (κ3) is 3.08. The first-order chi connectivity index (χ1) is 10.0. The van der Waals surface area contributed by atoms with Gasteiger partial charge < -0.3 is 0 Å². The van der Waals surface area contributed by atoms with Crippen molar-refractivity contribution in [2.45, 2.75) is 6.42 Å². The minimum atomic E-state index is -0.101. The van der Waals surface area contributed by atoms with Gasteiger partial charge in [-0.2, -0.15) is 0 Å². The minimum Gasteiger partial charge on any atom is -0.278 e. The van der Waals surface area contributed by atoms with Crippen LogP contribution in [-0.4, -0.2) is 21.8 Å². The second-order valence-corrected chi connectivity index (χ2v) is 7.25. The van der Waals surface area contributed by atoms with Crippen molar-refractivity contribution in [1.82, 2.24) is 4.98 Å². The van der Waals surface area contributed by atoms with Gasteiger partial charge in [0.25, 0.3) is 0 Å². The van der Waals surface area contributed by atoms with Crippen molar-refractivity contribution in [1.29, 1.82) is 5.41 Å². The second kappa shape index (κ2) is 5.96. The fourth-order valence-electron chi connectivity index (χ4n) is 1.90. The Morgan fingerprint density at radius 1 is 1.38 bits per heavy atom. The Hall–Kier alpha value is -1.08. The summed E-state index contributed by atoms with van der Waals surface area (Å²) in [6.07, 6.45) is 2.34. The number of nitrogens with one attached hydrogen (secondary N) is 1. The largest absolute Gasteiger partial charge is 0.278 e. The lowest BCUT2D eigenvalue weighted by Crippen LogP contribution is -2.28. The molecule has 2 heterocycles. The van der Waals surface area contributed by atoms with E-state index in [0.29, 0.717) is 27.4 Å². The second-order valence-electron chi connectivity index (χ2n) is 4.34. The monoisotopic (exact) mass is 357 g/mol. The van der Waals surface area contributed by atoms with Crippen LogP contribution in [0, 0.1) is 5.41 Å². The predicted molar refractivity (Wildman–Crippen MR) is 89.1 cm³/mol. The number of carbonyl (C=O) groups excluding carboxylic acids is 1. The Morgan fingerprint density at radius 2 is 2.19 bits per heavy atom. The van der Waals surface area contributed by atoms with Gasteiger partial charge in [-0.25, -0.2) is 9.88 Å². The molecule has 8 heteroatoms. The third-order valence-electron chi connectivity index (χ3n) is 2.90. The molecule has 21 heavy (non-hydrogen) atoms. The molecule has 0 aliphatic carbocycles. The molecule has 0 bridgehead atoms. The average Bonchev–Trinajstić information content (AvgIpc) is 3.00. The van der Waals surface area contributed by atoms with Crippen molar-refractivity contribution in [2.75, 3.05) is 10.7 Å². The van der Waals surface area contributed by atoms with Crippen LogP contribution in [0.15, 0.2) is 24.4 Å². The maximum absolute atomic E-state index is 11.7. The lowest BCUT2D eigenvalue weighted by Gasteiger charge is -2.09. The van der Waals surface area contributed by atoms with Gasteiger partial charge in [0.2, 0.25) is 5.91 Å². The number of hydrogen-bond donors (Lipinski definition) is 1. The summed E-state index contributed by atoms with van der Waals surface area (Å²) in [5, 5.41) is 9.73. The smallest absolute Gasteiger partial charge is 0.245 e. The molecule has 1 saturated heterocycles. The number of rotatable bonds is 3. The van der Waals surface area contributed by atoms with Gasteiger partial charge in [0, 0.05) is 27.5 Å². The van der Waals surface area contributed by atoms with Gasteiger partial charge in [-0.05, 0) is 17.7 Å². The molecule has 1 fully saturated rings. The molecule has 108 valence electrons. The number of carbonyl (C=O) groups is 1. The summed E-state index contributed by atoms with van der Waals surface area (Å²) in [5.74, 6) is 0.201. The van der Waals surface area contributed by atoms with Gasteiger partial charge in [0.05, 0.1) is 5.75 Å². The van der Waals surface area contributed by atoms with E-state index in [1.165, 1.54) is 28.0 Å². The molecule has 1 aromatic carbocycles. The summed E-state index contributed by atoms with van der Waals surface area (Å²) in [7, 11) is 0. The Balaban J connectivity index is 1.82. The maximum Gasteiger partial charge on any atom is 0.245 e. The highest BCUT2D eigenvalue weighted by atomic mass is 35.5. The molecule has 1 aliphatic heterocycles. The highest BCUT2D eigenvalue weighted by Gasteiger charge is 2.30. The molecular weight excluding hydrogens is 349 g/mol. The normalized spacial score (nSPS) is 15.0. The Labute approximate surface area is 139 Å². The van der Waals surface area contributed by atoms with Crippen LogP contribution >= 0.6 is 46.3 Å². The molecule has 0 atom stereocenters. The van der Waals surface area contributed by atoms with E-state index in [0.717, 1.165) is 10.4 Å². The van der Waals surface area contributed by atoms with E-state index in [9.17, 15) is 4.79 Å². The Kier molecular flexibility index (Phi) is 4.21. The van der Waals surface area contributed by atoms with E-state index in [-0.39, 0.29) is 11.1 Å². The summed E-state index contributed by atoms with van der Waals surface area (Å²) in [6, 6.07) is 5.38. The van der Waals surface area contributed by atoms with Crippen LogP contribution in [0.4, 0.5) is 5.13 Å². The van der Waals surface area contributed by atoms with Crippen molar-refractivity contribution in [3.63, 3.8) is 0 Å². The molecule has 0 unspecified atom stereocenters. The third-order valence-corrected chi connectivity index (χ3v) is 5.31. The summed E-state index contributed by atoms with van der Waals surface area (Å²) < 4.78 is 0. The van der Waals surface area contributed by atoms with Crippen LogP contribution in [0.1, 0.15) is 10.4 Å².